The van der Waals surface area contributed by atoms with Crippen LogP contribution in [0.15, 0.2) is 0 Å². The number of carbonyl (C=O) groups is 2. The number of nitrogens with one attached hydrogen (secondary N) is 1. The molecule has 2 saturated heterocycles. The van der Waals surface area contributed by atoms with Gasteiger partial charge in [0.15, 0.2) is 0 Å². The monoisotopic (exact) mass is 286 g/mol. The van der Waals surface area contributed by atoms with Crippen molar-refractivity contribution >= 4 is 23.8 Å². The lowest BCUT2D eigenvalue weighted by Gasteiger charge is -2.28. The third kappa shape index (κ3) is 2.67. The Kier molecular flexibility index (Phi) is 3.58. The minimum atomic E-state index is -0.909. The van der Waals surface area contributed by atoms with E-state index in [2.05, 4.69) is 5.32 Å². The maximum Gasteiger partial charge on any atom is 0.327 e. The molecule has 3 atom stereocenters. The van der Waals surface area contributed by atoms with Crippen LogP contribution in [0.25, 0.3) is 0 Å². The normalized spacial score (nSPS) is 34.5. The average molecular weight is 286 g/mol. The first-order valence-corrected chi connectivity index (χ1v) is 7.72. The highest BCUT2D eigenvalue weighted by Crippen LogP contribution is 2.45. The fourth-order valence-electron chi connectivity index (χ4n) is 2.62. The number of rotatable bonds is 3. The van der Waals surface area contributed by atoms with Gasteiger partial charge < -0.3 is 15.2 Å². The average Bonchev–Trinajstić information content (AvgIpc) is 2.91. The summed E-state index contributed by atoms with van der Waals surface area (Å²) < 4.78 is 5.23. The van der Waals surface area contributed by atoms with E-state index in [0.717, 1.165) is 19.3 Å². The zero-order chi connectivity index (χ0) is 13.4. The molecule has 1 aliphatic carbocycles. The molecule has 2 heterocycles. The van der Waals surface area contributed by atoms with Crippen LogP contribution in [0.3, 0.4) is 0 Å². The van der Waals surface area contributed by atoms with Gasteiger partial charge in [-0.25, -0.2) is 9.59 Å². The van der Waals surface area contributed by atoms with Crippen molar-refractivity contribution in [3.63, 3.8) is 0 Å². The zero-order valence-electron chi connectivity index (χ0n) is 10.6. The molecule has 3 aliphatic rings. The lowest BCUT2D eigenvalue weighted by Crippen LogP contribution is -2.53. The molecule has 3 rings (SSSR count). The molecule has 106 valence electrons. The van der Waals surface area contributed by atoms with Crippen molar-refractivity contribution in [2.24, 2.45) is 5.92 Å². The quantitative estimate of drug-likeness (QED) is 0.799. The Morgan fingerprint density at radius 3 is 2.68 bits per heavy atom. The topological polar surface area (TPSA) is 78.9 Å². The molecule has 0 aromatic rings. The molecule has 19 heavy (non-hydrogen) atoms. The van der Waals surface area contributed by atoms with E-state index in [1.807, 2.05) is 0 Å². The Hall–Kier alpha value is -0.950. The second kappa shape index (κ2) is 5.20. The molecular formula is C12H18N2O4S. The van der Waals surface area contributed by atoms with Gasteiger partial charge in [0.25, 0.3) is 0 Å². The number of thioether (sulfide) groups is 1. The Labute approximate surface area is 115 Å². The van der Waals surface area contributed by atoms with Crippen molar-refractivity contribution < 1.29 is 19.4 Å². The van der Waals surface area contributed by atoms with Gasteiger partial charge in [0, 0.05) is 12.4 Å². The van der Waals surface area contributed by atoms with Gasteiger partial charge in [0.1, 0.15) is 6.04 Å². The van der Waals surface area contributed by atoms with E-state index in [-0.39, 0.29) is 17.4 Å². The Balaban J connectivity index is 1.69. The summed E-state index contributed by atoms with van der Waals surface area (Å²) in [5.41, 5.74) is 0. The van der Waals surface area contributed by atoms with Crippen molar-refractivity contribution in [3.8, 4) is 0 Å². The number of carboxylic acid groups (broad SMARTS) is 1. The number of ether oxygens (including phenoxy) is 1. The van der Waals surface area contributed by atoms with Crippen LogP contribution in [0.2, 0.25) is 0 Å². The van der Waals surface area contributed by atoms with Crippen LogP contribution >= 0.6 is 11.8 Å². The zero-order valence-corrected chi connectivity index (χ0v) is 11.4. The molecule has 6 nitrogen and oxygen atoms in total. The van der Waals surface area contributed by atoms with E-state index in [1.165, 1.54) is 0 Å². The number of carbonyl (C=O) groups excluding carboxylic acids is 1. The number of nitrogens with zero attached hydrogens (tertiary/aromatic N) is 1. The van der Waals surface area contributed by atoms with E-state index in [4.69, 9.17) is 4.74 Å². The van der Waals surface area contributed by atoms with E-state index in [0.29, 0.717) is 24.9 Å². The molecule has 2 N–H and O–H groups in total. The molecule has 2 amide bonds. The maximum absolute atomic E-state index is 12.3. The van der Waals surface area contributed by atoms with Crippen molar-refractivity contribution in [3.05, 3.63) is 0 Å². The summed E-state index contributed by atoms with van der Waals surface area (Å²) in [5.74, 6) is 0.0545. The smallest absolute Gasteiger partial charge is 0.327 e. The van der Waals surface area contributed by atoms with Crippen LogP contribution in [-0.2, 0) is 9.53 Å². The first-order valence-electron chi connectivity index (χ1n) is 6.68. The molecule has 0 bridgehead atoms. The summed E-state index contributed by atoms with van der Waals surface area (Å²) in [6.45, 7) is 1.19. The number of hydrogen-bond donors (Lipinski definition) is 2. The number of hydrogen-bond acceptors (Lipinski definition) is 4. The van der Waals surface area contributed by atoms with Crippen LogP contribution in [0.4, 0.5) is 4.79 Å². The fourth-order valence-corrected chi connectivity index (χ4v) is 4.25. The predicted molar refractivity (Wildman–Crippen MR) is 70.0 cm³/mol. The van der Waals surface area contributed by atoms with Crippen LogP contribution in [-0.4, -0.2) is 58.4 Å². The van der Waals surface area contributed by atoms with Crippen molar-refractivity contribution in [2.45, 2.75) is 36.7 Å². The molecule has 2 aliphatic heterocycles. The minimum absolute atomic E-state index is 0.0207. The van der Waals surface area contributed by atoms with Gasteiger partial charge >= 0.3 is 12.0 Å². The van der Waals surface area contributed by atoms with E-state index in [1.54, 1.807) is 16.7 Å². The van der Waals surface area contributed by atoms with Crippen molar-refractivity contribution in [1.82, 2.24) is 10.2 Å². The molecular weight excluding hydrogens is 268 g/mol. The SMILES string of the molecule is O=C(O)C1CSC(C2CC2)N1C(=O)NC1CCOC1. The number of urea groups is 1. The van der Waals surface area contributed by atoms with E-state index < -0.39 is 12.0 Å². The van der Waals surface area contributed by atoms with Gasteiger partial charge in [-0.2, -0.15) is 0 Å². The predicted octanol–water partition coefficient (Wildman–Crippen LogP) is 0.723. The van der Waals surface area contributed by atoms with Gasteiger partial charge in [0.2, 0.25) is 0 Å². The maximum atomic E-state index is 12.3. The highest BCUT2D eigenvalue weighted by Gasteiger charge is 2.48. The van der Waals surface area contributed by atoms with Gasteiger partial charge in [-0.1, -0.05) is 0 Å². The minimum Gasteiger partial charge on any atom is -0.480 e. The Morgan fingerprint density at radius 2 is 2.11 bits per heavy atom. The van der Waals surface area contributed by atoms with Gasteiger partial charge in [0.05, 0.1) is 18.0 Å². The second-order valence-corrected chi connectivity index (χ2v) is 6.48. The number of aliphatic carboxylic acids is 1. The Morgan fingerprint density at radius 1 is 1.32 bits per heavy atom. The van der Waals surface area contributed by atoms with Crippen LogP contribution in [0.1, 0.15) is 19.3 Å². The van der Waals surface area contributed by atoms with Crippen LogP contribution in [0, 0.1) is 5.92 Å². The van der Waals surface area contributed by atoms with Gasteiger partial charge in [-0.05, 0) is 25.2 Å². The summed E-state index contributed by atoms with van der Waals surface area (Å²) in [5, 5.41) is 12.2. The molecule has 1 saturated carbocycles. The summed E-state index contributed by atoms with van der Waals surface area (Å²) >= 11 is 1.60. The van der Waals surface area contributed by atoms with Gasteiger partial charge in [-0.3, -0.25) is 4.90 Å². The van der Waals surface area contributed by atoms with Crippen LogP contribution in [0.5, 0.6) is 0 Å². The highest BCUT2D eigenvalue weighted by atomic mass is 32.2. The molecule has 0 aromatic heterocycles. The van der Waals surface area contributed by atoms with Gasteiger partial charge in [-0.15, -0.1) is 11.8 Å². The largest absolute Gasteiger partial charge is 0.480 e. The first-order chi connectivity index (χ1) is 9.16. The lowest BCUT2D eigenvalue weighted by molar-refractivity contribution is -0.141. The molecule has 0 radical (unpaired) electrons. The number of amides is 2. The molecule has 0 aromatic carbocycles. The molecule has 3 fully saturated rings. The lowest BCUT2D eigenvalue weighted by atomic mass is 10.2. The second-order valence-electron chi connectivity index (χ2n) is 5.33. The van der Waals surface area contributed by atoms with E-state index >= 15 is 0 Å². The summed E-state index contributed by atoms with van der Waals surface area (Å²) in [4.78, 5) is 25.2. The van der Waals surface area contributed by atoms with Crippen molar-refractivity contribution in [2.75, 3.05) is 19.0 Å². The standard InChI is InChI=1S/C12H18N2O4S/c15-11(16)9-6-19-10(7-1-2-7)14(9)12(17)13-8-3-4-18-5-8/h7-10H,1-6H2,(H,13,17)(H,15,16). The molecule has 7 heteroatoms. The highest BCUT2D eigenvalue weighted by molar-refractivity contribution is 8.00. The van der Waals surface area contributed by atoms with Crippen LogP contribution < -0.4 is 5.32 Å². The Bertz CT molecular complexity index is 382. The van der Waals surface area contributed by atoms with E-state index in [9.17, 15) is 14.7 Å². The van der Waals surface area contributed by atoms with Crippen molar-refractivity contribution in [1.29, 1.82) is 0 Å². The first kappa shape index (κ1) is 13.1. The molecule has 3 unspecified atom stereocenters. The summed E-state index contributed by atoms with van der Waals surface area (Å²) in [7, 11) is 0. The molecule has 0 spiro atoms. The summed E-state index contributed by atoms with van der Waals surface area (Å²) in [6.07, 6.45) is 3.00. The summed E-state index contributed by atoms with van der Waals surface area (Å²) in [6, 6.07) is -0.921. The number of carboxylic acids is 1. The third-order valence-corrected chi connectivity index (χ3v) is 5.30. The third-order valence-electron chi connectivity index (χ3n) is 3.84. The fraction of sp³-hybridized carbons (Fsp3) is 0.833.